The molecule has 0 fully saturated rings. The molecule has 4 nitrogen and oxygen atoms in total. The molecule has 7 heteroatoms. The Morgan fingerprint density at radius 2 is 1.71 bits per heavy atom. The van der Waals surface area contributed by atoms with Gasteiger partial charge in [-0.1, -0.05) is 42.8 Å². The summed E-state index contributed by atoms with van der Waals surface area (Å²) in [5.41, 5.74) is 0. The predicted molar refractivity (Wildman–Crippen MR) is 89.9 cm³/mol. The minimum atomic E-state index is -3.53. The molecule has 21 heavy (non-hydrogen) atoms. The highest BCUT2D eigenvalue weighted by Gasteiger charge is 2.17. The second-order valence-corrected chi connectivity index (χ2v) is 6.49. The van der Waals surface area contributed by atoms with E-state index >= 15 is 0 Å². The summed E-state index contributed by atoms with van der Waals surface area (Å²) < 4.78 is 27.3. The van der Waals surface area contributed by atoms with Gasteiger partial charge in [-0.2, -0.15) is 0 Å². The minimum Gasteiger partial charge on any atom is -0.316 e. The molecule has 0 saturated heterocycles. The predicted octanol–water partition coefficient (Wildman–Crippen LogP) is 2.80. The van der Waals surface area contributed by atoms with Gasteiger partial charge in [-0.25, -0.2) is 13.1 Å². The normalized spacial score (nSPS) is 11.3. The fraction of sp³-hybridized carbons (Fsp3) is 0.286. The maximum absolute atomic E-state index is 12.3. The van der Waals surface area contributed by atoms with Gasteiger partial charge >= 0.3 is 0 Å². The first-order valence-corrected chi connectivity index (χ1v) is 8.30. The van der Waals surface area contributed by atoms with Crippen molar-refractivity contribution in [2.24, 2.45) is 0 Å². The maximum atomic E-state index is 12.3. The molecule has 0 radical (unpaired) electrons. The molecule has 0 aliphatic rings. The topological polar surface area (TPSA) is 58.2 Å². The smallest absolute Gasteiger partial charge is 0.241 e. The number of likely N-dealkylation sites (N-methyl/N-ethyl adjacent to an activating group) is 1. The van der Waals surface area contributed by atoms with Crippen molar-refractivity contribution in [3.05, 3.63) is 41.4 Å². The van der Waals surface area contributed by atoms with Gasteiger partial charge in [-0.15, -0.1) is 12.4 Å². The lowest BCUT2D eigenvalue weighted by atomic mass is 10.1. The van der Waals surface area contributed by atoms with Crippen molar-refractivity contribution in [2.75, 3.05) is 19.6 Å². The minimum absolute atomic E-state index is 0. The number of fused-ring (bicyclic) bond motifs is 1. The van der Waals surface area contributed by atoms with E-state index < -0.39 is 10.0 Å². The Labute approximate surface area is 136 Å². The number of rotatable bonds is 6. The Hall–Kier alpha value is -0.850. The van der Waals surface area contributed by atoms with E-state index in [1.54, 1.807) is 24.3 Å². The lowest BCUT2D eigenvalue weighted by molar-refractivity contribution is 0.578. The average molecular weight is 349 g/mol. The molecular weight excluding hydrogens is 331 g/mol. The van der Waals surface area contributed by atoms with Crippen LogP contribution in [0.5, 0.6) is 0 Å². The standard InChI is InChI=1S/C14H17ClN2O2S.ClH/c1-2-16-9-10-17-20(18,19)14-8-7-13(15)11-5-3-4-6-12(11)14;/h3-8,16-17H,2,9-10H2,1H3;1H. The summed E-state index contributed by atoms with van der Waals surface area (Å²) in [6.45, 7) is 3.74. The molecule has 0 spiro atoms. The van der Waals surface area contributed by atoms with Gasteiger partial charge < -0.3 is 5.32 Å². The molecule has 0 atom stereocenters. The zero-order valence-electron chi connectivity index (χ0n) is 11.6. The largest absolute Gasteiger partial charge is 0.316 e. The number of nitrogens with one attached hydrogen (secondary N) is 2. The first-order chi connectivity index (χ1) is 9.56. The molecule has 2 N–H and O–H groups in total. The fourth-order valence-corrected chi connectivity index (χ4v) is 3.47. The van der Waals surface area contributed by atoms with E-state index in [1.165, 1.54) is 0 Å². The third-order valence-electron chi connectivity index (χ3n) is 2.96. The number of halogens is 2. The summed E-state index contributed by atoms with van der Waals surface area (Å²) in [4.78, 5) is 0.258. The molecule has 2 rings (SSSR count). The van der Waals surface area contributed by atoms with E-state index in [2.05, 4.69) is 10.0 Å². The number of hydrogen-bond acceptors (Lipinski definition) is 3. The van der Waals surface area contributed by atoms with Gasteiger partial charge in [0, 0.05) is 28.9 Å². The molecule has 0 aliphatic heterocycles. The Morgan fingerprint density at radius 1 is 1.05 bits per heavy atom. The average Bonchev–Trinajstić information content (AvgIpc) is 2.44. The van der Waals surface area contributed by atoms with Crippen LogP contribution in [-0.4, -0.2) is 28.1 Å². The quantitative estimate of drug-likeness (QED) is 0.789. The first-order valence-electron chi connectivity index (χ1n) is 6.44. The van der Waals surface area contributed by atoms with E-state index in [4.69, 9.17) is 11.6 Å². The van der Waals surface area contributed by atoms with E-state index in [-0.39, 0.29) is 17.3 Å². The lowest BCUT2D eigenvalue weighted by Gasteiger charge is -2.10. The van der Waals surface area contributed by atoms with E-state index in [1.807, 2.05) is 19.1 Å². The van der Waals surface area contributed by atoms with E-state index in [0.717, 1.165) is 11.9 Å². The van der Waals surface area contributed by atoms with Crippen LogP contribution in [0.3, 0.4) is 0 Å². The monoisotopic (exact) mass is 348 g/mol. The molecule has 0 unspecified atom stereocenters. The summed E-state index contributed by atoms with van der Waals surface area (Å²) in [6.07, 6.45) is 0. The van der Waals surface area contributed by atoms with Crippen LogP contribution >= 0.6 is 24.0 Å². The van der Waals surface area contributed by atoms with Gasteiger partial charge in [0.05, 0.1) is 4.90 Å². The maximum Gasteiger partial charge on any atom is 0.241 e. The highest BCUT2D eigenvalue weighted by Crippen LogP contribution is 2.28. The number of benzene rings is 2. The fourth-order valence-electron chi connectivity index (χ4n) is 2.00. The van der Waals surface area contributed by atoms with Crippen LogP contribution in [0.2, 0.25) is 5.02 Å². The Bertz CT molecular complexity index is 705. The molecule has 0 aliphatic carbocycles. The number of hydrogen-bond donors (Lipinski definition) is 2. The lowest BCUT2D eigenvalue weighted by Crippen LogP contribution is -2.31. The Kier molecular flexibility index (Phi) is 6.90. The highest BCUT2D eigenvalue weighted by atomic mass is 35.5. The third kappa shape index (κ3) is 4.31. The summed E-state index contributed by atoms with van der Waals surface area (Å²) in [5.74, 6) is 0. The second kappa shape index (κ2) is 7.96. The SMILES string of the molecule is CCNCCNS(=O)(=O)c1ccc(Cl)c2ccccc12.Cl. The van der Waals surface area contributed by atoms with Crippen molar-refractivity contribution >= 4 is 44.8 Å². The van der Waals surface area contributed by atoms with Crippen molar-refractivity contribution in [1.29, 1.82) is 0 Å². The summed E-state index contributed by atoms with van der Waals surface area (Å²) in [7, 11) is -3.53. The molecule has 2 aromatic carbocycles. The van der Waals surface area contributed by atoms with Crippen molar-refractivity contribution in [2.45, 2.75) is 11.8 Å². The second-order valence-electron chi connectivity index (χ2n) is 4.34. The molecule has 0 amide bonds. The van der Waals surface area contributed by atoms with Crippen molar-refractivity contribution in [3.63, 3.8) is 0 Å². The molecule has 2 aromatic rings. The third-order valence-corrected chi connectivity index (χ3v) is 4.81. The Balaban J connectivity index is 0.00000220. The molecule has 0 aromatic heterocycles. The van der Waals surface area contributed by atoms with Gasteiger partial charge in [-0.3, -0.25) is 0 Å². The van der Waals surface area contributed by atoms with Gasteiger partial charge in [0.25, 0.3) is 0 Å². The Morgan fingerprint density at radius 3 is 2.38 bits per heavy atom. The van der Waals surface area contributed by atoms with Crippen LogP contribution in [0, 0.1) is 0 Å². The van der Waals surface area contributed by atoms with Crippen LogP contribution in [0.15, 0.2) is 41.3 Å². The van der Waals surface area contributed by atoms with Crippen molar-refractivity contribution in [1.82, 2.24) is 10.0 Å². The summed E-state index contributed by atoms with van der Waals surface area (Å²) >= 11 is 6.10. The van der Waals surface area contributed by atoms with Crippen LogP contribution < -0.4 is 10.0 Å². The van der Waals surface area contributed by atoms with Crippen molar-refractivity contribution < 1.29 is 8.42 Å². The van der Waals surface area contributed by atoms with Crippen LogP contribution in [-0.2, 0) is 10.0 Å². The molecule has 0 heterocycles. The number of sulfonamides is 1. The van der Waals surface area contributed by atoms with Gasteiger partial charge in [-0.05, 0) is 18.7 Å². The zero-order valence-corrected chi connectivity index (χ0v) is 14.0. The molecule has 0 bridgehead atoms. The molecular formula is C14H18Cl2N2O2S. The van der Waals surface area contributed by atoms with Gasteiger partial charge in [0.15, 0.2) is 0 Å². The highest BCUT2D eigenvalue weighted by molar-refractivity contribution is 7.89. The van der Waals surface area contributed by atoms with Crippen molar-refractivity contribution in [3.8, 4) is 0 Å². The van der Waals surface area contributed by atoms with Crippen LogP contribution in [0.1, 0.15) is 6.92 Å². The van der Waals surface area contributed by atoms with E-state index in [9.17, 15) is 8.42 Å². The summed E-state index contributed by atoms with van der Waals surface area (Å²) in [6, 6.07) is 10.4. The van der Waals surface area contributed by atoms with Crippen LogP contribution in [0.25, 0.3) is 10.8 Å². The molecule has 116 valence electrons. The molecule has 0 saturated carbocycles. The van der Waals surface area contributed by atoms with Crippen LogP contribution in [0.4, 0.5) is 0 Å². The van der Waals surface area contributed by atoms with Gasteiger partial charge in [0.2, 0.25) is 10.0 Å². The van der Waals surface area contributed by atoms with E-state index in [0.29, 0.717) is 23.5 Å². The van der Waals surface area contributed by atoms with Gasteiger partial charge in [0.1, 0.15) is 0 Å². The first kappa shape index (κ1) is 18.2. The zero-order chi connectivity index (χ0) is 14.6. The summed E-state index contributed by atoms with van der Waals surface area (Å²) in [5, 5.41) is 4.99.